The number of hydrogen-bond acceptors (Lipinski definition) is 4. The molecule has 0 radical (unpaired) electrons. The number of aliphatic hydroxyl groups is 1. The van der Waals surface area contributed by atoms with Gasteiger partial charge in [0.25, 0.3) is 0 Å². The number of aliphatic hydroxyl groups excluding tert-OH is 1. The van der Waals surface area contributed by atoms with E-state index in [9.17, 15) is 5.11 Å². The number of thiophene rings is 1. The third kappa shape index (κ3) is 7.43. The first-order valence-corrected chi connectivity index (χ1v) is 11.0. The molecule has 1 heterocycles. The molecule has 5 nitrogen and oxygen atoms in total. The van der Waals surface area contributed by atoms with Gasteiger partial charge in [0, 0.05) is 24.5 Å². The van der Waals surface area contributed by atoms with Crippen LogP contribution in [0.5, 0.6) is 0 Å². The van der Waals surface area contributed by atoms with E-state index in [2.05, 4.69) is 58.6 Å². The summed E-state index contributed by atoms with van der Waals surface area (Å²) in [4.78, 5) is 7.90. The second-order valence-electron chi connectivity index (χ2n) is 6.52. The number of nitrogens with zero attached hydrogens (tertiary/aromatic N) is 2. The molecule has 28 heavy (non-hydrogen) atoms. The molecule has 2 aromatic rings. The van der Waals surface area contributed by atoms with Crippen molar-refractivity contribution >= 4 is 28.9 Å². The first-order chi connectivity index (χ1) is 13.5. The number of hydrogen-bond donors (Lipinski definition) is 3. The van der Waals surface area contributed by atoms with Gasteiger partial charge in [-0.15, -0.1) is 11.3 Å². The Morgan fingerprint density at radius 2 is 1.89 bits per heavy atom. The van der Waals surface area contributed by atoms with Gasteiger partial charge in [-0.2, -0.15) is 0 Å². The fourth-order valence-corrected chi connectivity index (χ4v) is 3.89. The van der Waals surface area contributed by atoms with Crippen LogP contribution in [0.4, 0.5) is 0 Å². The highest BCUT2D eigenvalue weighted by atomic mass is 35.5. The Morgan fingerprint density at radius 1 is 1.14 bits per heavy atom. The summed E-state index contributed by atoms with van der Waals surface area (Å²) in [5, 5.41) is 16.7. The Balaban J connectivity index is 1.96. The van der Waals surface area contributed by atoms with Crippen molar-refractivity contribution in [3.63, 3.8) is 0 Å². The van der Waals surface area contributed by atoms with E-state index in [4.69, 9.17) is 11.6 Å². The molecule has 2 rings (SSSR count). The van der Waals surface area contributed by atoms with Gasteiger partial charge in [0.1, 0.15) is 6.10 Å². The number of aliphatic imine (C=N–C) groups is 1. The smallest absolute Gasteiger partial charge is 0.191 e. The summed E-state index contributed by atoms with van der Waals surface area (Å²) in [5.74, 6) is 0.693. The summed E-state index contributed by atoms with van der Waals surface area (Å²) in [6.45, 7) is 11.2. The lowest BCUT2D eigenvalue weighted by Crippen LogP contribution is -2.39. The third-order valence-corrected chi connectivity index (χ3v) is 5.77. The minimum atomic E-state index is -0.612. The molecular formula is C21H31ClN4OS. The standard InChI is InChI=1S/C21H31ClN4OS/c1-4-23-21(25-14-18(27)19-10-11-20(22)28-19)24-13-16-8-7-9-17(12-16)15-26(5-2)6-3/h7-12,18,27H,4-6,13-15H2,1-3H3,(H2,23,24,25). The van der Waals surface area contributed by atoms with Crippen LogP contribution in [0.2, 0.25) is 4.34 Å². The molecule has 1 unspecified atom stereocenters. The molecular weight excluding hydrogens is 392 g/mol. The fraction of sp³-hybridized carbons (Fsp3) is 0.476. The highest BCUT2D eigenvalue weighted by molar-refractivity contribution is 7.16. The van der Waals surface area contributed by atoms with Crippen molar-refractivity contribution in [2.45, 2.75) is 40.0 Å². The van der Waals surface area contributed by atoms with Crippen LogP contribution in [0, 0.1) is 0 Å². The van der Waals surface area contributed by atoms with Crippen molar-refractivity contribution in [1.29, 1.82) is 0 Å². The molecule has 0 aliphatic carbocycles. The third-order valence-electron chi connectivity index (χ3n) is 4.44. The lowest BCUT2D eigenvalue weighted by atomic mass is 10.1. The number of benzene rings is 1. The largest absolute Gasteiger partial charge is 0.386 e. The molecule has 0 bridgehead atoms. The molecule has 7 heteroatoms. The Hall–Kier alpha value is -1.60. The van der Waals surface area contributed by atoms with Crippen LogP contribution in [-0.4, -0.2) is 42.1 Å². The van der Waals surface area contributed by atoms with E-state index < -0.39 is 6.10 Å². The van der Waals surface area contributed by atoms with Gasteiger partial charge in [-0.05, 0) is 43.3 Å². The van der Waals surface area contributed by atoms with Crippen molar-refractivity contribution < 1.29 is 5.11 Å². The van der Waals surface area contributed by atoms with Gasteiger partial charge in [0.15, 0.2) is 5.96 Å². The van der Waals surface area contributed by atoms with E-state index in [0.29, 0.717) is 23.4 Å². The van der Waals surface area contributed by atoms with Crippen molar-refractivity contribution in [3.8, 4) is 0 Å². The van der Waals surface area contributed by atoms with Crippen LogP contribution in [0.1, 0.15) is 42.9 Å². The molecule has 1 aromatic heterocycles. The molecule has 0 aliphatic heterocycles. The zero-order valence-electron chi connectivity index (χ0n) is 16.9. The predicted molar refractivity (Wildman–Crippen MR) is 120 cm³/mol. The van der Waals surface area contributed by atoms with Gasteiger partial charge < -0.3 is 15.7 Å². The summed E-state index contributed by atoms with van der Waals surface area (Å²) < 4.78 is 0.680. The van der Waals surface area contributed by atoms with E-state index in [1.54, 1.807) is 6.07 Å². The average molecular weight is 423 g/mol. The number of halogens is 1. The minimum Gasteiger partial charge on any atom is -0.386 e. The van der Waals surface area contributed by atoms with Crippen molar-refractivity contribution in [1.82, 2.24) is 15.5 Å². The molecule has 0 saturated carbocycles. The molecule has 1 aromatic carbocycles. The average Bonchev–Trinajstić information content (AvgIpc) is 3.14. The van der Waals surface area contributed by atoms with E-state index in [-0.39, 0.29) is 0 Å². The molecule has 3 N–H and O–H groups in total. The zero-order chi connectivity index (χ0) is 20.4. The number of nitrogens with one attached hydrogen (secondary N) is 2. The summed E-state index contributed by atoms with van der Waals surface area (Å²) in [6, 6.07) is 12.2. The van der Waals surface area contributed by atoms with Crippen molar-refractivity contribution in [3.05, 3.63) is 56.7 Å². The van der Waals surface area contributed by atoms with Gasteiger partial charge in [-0.3, -0.25) is 4.90 Å². The molecule has 1 atom stereocenters. The van der Waals surface area contributed by atoms with E-state index in [1.807, 2.05) is 13.0 Å². The van der Waals surface area contributed by atoms with Gasteiger partial charge in [0.05, 0.1) is 10.9 Å². The molecule has 0 spiro atoms. The summed E-state index contributed by atoms with van der Waals surface area (Å²) in [7, 11) is 0. The second-order valence-corrected chi connectivity index (χ2v) is 8.26. The maximum atomic E-state index is 10.3. The Bertz CT molecular complexity index is 746. The summed E-state index contributed by atoms with van der Waals surface area (Å²) in [6.07, 6.45) is -0.612. The normalized spacial score (nSPS) is 13.0. The van der Waals surface area contributed by atoms with Crippen molar-refractivity contribution in [2.75, 3.05) is 26.2 Å². The highest BCUT2D eigenvalue weighted by Gasteiger charge is 2.11. The van der Waals surface area contributed by atoms with Crippen LogP contribution in [0.15, 0.2) is 41.4 Å². The van der Waals surface area contributed by atoms with Gasteiger partial charge in [0.2, 0.25) is 0 Å². The van der Waals surface area contributed by atoms with Crippen LogP contribution in [0.3, 0.4) is 0 Å². The minimum absolute atomic E-state index is 0.380. The SMILES string of the molecule is CCNC(=NCc1cccc(CN(CC)CC)c1)NCC(O)c1ccc(Cl)s1. The molecule has 0 aliphatic rings. The monoisotopic (exact) mass is 422 g/mol. The first-order valence-electron chi connectivity index (χ1n) is 9.81. The van der Waals surface area contributed by atoms with Gasteiger partial charge in [-0.1, -0.05) is 49.7 Å². The van der Waals surface area contributed by atoms with Crippen LogP contribution >= 0.6 is 22.9 Å². The zero-order valence-corrected chi connectivity index (χ0v) is 18.5. The molecule has 0 saturated heterocycles. The second kappa shape index (κ2) is 12.1. The Morgan fingerprint density at radius 3 is 2.54 bits per heavy atom. The highest BCUT2D eigenvalue weighted by Crippen LogP contribution is 2.26. The van der Waals surface area contributed by atoms with Gasteiger partial charge >= 0.3 is 0 Å². The molecule has 154 valence electrons. The molecule has 0 fully saturated rings. The first kappa shape index (κ1) is 22.7. The van der Waals surface area contributed by atoms with E-state index >= 15 is 0 Å². The maximum Gasteiger partial charge on any atom is 0.191 e. The van der Waals surface area contributed by atoms with Crippen LogP contribution in [0.25, 0.3) is 0 Å². The maximum absolute atomic E-state index is 10.3. The number of rotatable bonds is 10. The van der Waals surface area contributed by atoms with E-state index in [0.717, 1.165) is 31.1 Å². The summed E-state index contributed by atoms with van der Waals surface area (Å²) in [5.41, 5.74) is 2.48. The van der Waals surface area contributed by atoms with Crippen LogP contribution in [-0.2, 0) is 13.1 Å². The quantitative estimate of drug-likeness (QED) is 0.399. The topological polar surface area (TPSA) is 59.9 Å². The van der Waals surface area contributed by atoms with E-state index in [1.165, 1.54) is 22.5 Å². The number of guanidine groups is 1. The van der Waals surface area contributed by atoms with Crippen molar-refractivity contribution in [2.24, 2.45) is 4.99 Å². The lowest BCUT2D eigenvalue weighted by Gasteiger charge is -2.18. The predicted octanol–water partition coefficient (Wildman–Crippen LogP) is 4.03. The fourth-order valence-electron chi connectivity index (χ4n) is 2.85. The van der Waals surface area contributed by atoms with Gasteiger partial charge in [-0.25, -0.2) is 4.99 Å². The molecule has 0 amide bonds. The lowest BCUT2D eigenvalue weighted by molar-refractivity contribution is 0.184. The Labute approximate surface area is 177 Å². The Kier molecular flexibility index (Phi) is 9.78. The van der Waals surface area contributed by atoms with Crippen LogP contribution < -0.4 is 10.6 Å². The summed E-state index contributed by atoms with van der Waals surface area (Å²) >= 11 is 7.34.